The summed E-state index contributed by atoms with van der Waals surface area (Å²) in [5, 5.41) is 13.4. The molecule has 1 saturated carbocycles. The third-order valence-electron chi connectivity index (χ3n) is 4.19. The molecule has 21 heavy (non-hydrogen) atoms. The quantitative estimate of drug-likeness (QED) is 0.897. The number of benzene rings is 1. The van der Waals surface area contributed by atoms with E-state index in [1.54, 1.807) is 11.9 Å². The molecule has 1 aliphatic rings. The monoisotopic (exact) mass is 310 g/mol. The molecule has 2 amide bonds. The highest BCUT2D eigenvalue weighted by Gasteiger charge is 2.27. The number of rotatable bonds is 4. The first-order chi connectivity index (χ1) is 9.99. The zero-order valence-electron chi connectivity index (χ0n) is 12.6. The number of aliphatic hydroxyl groups excluding tert-OH is 1. The summed E-state index contributed by atoms with van der Waals surface area (Å²) in [6.07, 6.45) is 2.59. The second-order valence-corrected chi connectivity index (χ2v) is 6.24. The van der Waals surface area contributed by atoms with Crippen molar-refractivity contribution in [2.24, 2.45) is 5.92 Å². The number of carbonyl (C=O) groups is 1. The Morgan fingerprint density at radius 3 is 2.81 bits per heavy atom. The summed E-state index contributed by atoms with van der Waals surface area (Å²) in [6.45, 7) is 2.50. The molecule has 0 saturated heterocycles. The lowest BCUT2D eigenvalue weighted by atomic mass is 10.1. The van der Waals surface area contributed by atoms with Crippen LogP contribution in [0.25, 0.3) is 0 Å². The highest BCUT2D eigenvalue weighted by atomic mass is 35.5. The van der Waals surface area contributed by atoms with Crippen molar-refractivity contribution >= 4 is 17.6 Å². The lowest BCUT2D eigenvalue weighted by molar-refractivity contribution is 0.113. The molecule has 0 spiro atoms. The van der Waals surface area contributed by atoms with E-state index in [0.29, 0.717) is 11.6 Å². The van der Waals surface area contributed by atoms with E-state index in [1.165, 1.54) is 0 Å². The smallest absolute Gasteiger partial charge is 0.317 e. The predicted molar refractivity (Wildman–Crippen MR) is 84.4 cm³/mol. The maximum Gasteiger partial charge on any atom is 0.317 e. The molecule has 1 aromatic rings. The first-order valence-electron chi connectivity index (χ1n) is 7.43. The summed E-state index contributed by atoms with van der Waals surface area (Å²) in [5.41, 5.74) is 0.904. The van der Waals surface area contributed by atoms with E-state index in [1.807, 2.05) is 31.2 Å². The maximum absolute atomic E-state index is 12.2. The van der Waals surface area contributed by atoms with Crippen molar-refractivity contribution in [3.63, 3.8) is 0 Å². The zero-order chi connectivity index (χ0) is 15.4. The Kier molecular flexibility index (Phi) is 5.48. The highest BCUT2D eigenvalue weighted by Crippen LogP contribution is 2.26. The fourth-order valence-corrected chi connectivity index (χ4v) is 3.16. The second kappa shape index (κ2) is 7.14. The molecule has 0 aliphatic heterocycles. The van der Waals surface area contributed by atoms with E-state index >= 15 is 0 Å². The minimum atomic E-state index is -0.277. The van der Waals surface area contributed by atoms with Gasteiger partial charge in [0.2, 0.25) is 0 Å². The summed E-state index contributed by atoms with van der Waals surface area (Å²) in [5.74, 6) is 0.191. The van der Waals surface area contributed by atoms with Crippen molar-refractivity contribution in [1.29, 1.82) is 0 Å². The highest BCUT2D eigenvalue weighted by molar-refractivity contribution is 6.31. The molecule has 116 valence electrons. The Hall–Kier alpha value is -1.26. The Labute approximate surface area is 131 Å². The minimum Gasteiger partial charge on any atom is -0.393 e. The van der Waals surface area contributed by atoms with Crippen LogP contribution < -0.4 is 5.32 Å². The summed E-state index contributed by atoms with van der Waals surface area (Å²) in [6, 6.07) is 7.21. The topological polar surface area (TPSA) is 52.6 Å². The minimum absolute atomic E-state index is 0.137. The van der Waals surface area contributed by atoms with Crippen LogP contribution >= 0.6 is 11.6 Å². The van der Waals surface area contributed by atoms with Crippen LogP contribution in [0.1, 0.15) is 37.8 Å². The van der Waals surface area contributed by atoms with E-state index in [2.05, 4.69) is 5.32 Å². The van der Waals surface area contributed by atoms with Crippen molar-refractivity contribution in [2.45, 2.75) is 38.3 Å². The molecular formula is C16H23ClN2O2. The largest absolute Gasteiger partial charge is 0.393 e. The average molecular weight is 311 g/mol. The van der Waals surface area contributed by atoms with Crippen molar-refractivity contribution in [1.82, 2.24) is 10.2 Å². The van der Waals surface area contributed by atoms with Gasteiger partial charge in [-0.1, -0.05) is 36.2 Å². The van der Waals surface area contributed by atoms with E-state index in [0.717, 1.165) is 24.8 Å². The normalized spacial score (nSPS) is 22.9. The van der Waals surface area contributed by atoms with Crippen LogP contribution in [0, 0.1) is 5.92 Å². The molecule has 1 aliphatic carbocycles. The molecule has 2 rings (SSSR count). The number of nitrogens with zero attached hydrogens (tertiary/aromatic N) is 1. The number of aliphatic hydroxyl groups is 1. The van der Waals surface area contributed by atoms with Crippen molar-refractivity contribution < 1.29 is 9.90 Å². The molecule has 0 bridgehead atoms. The van der Waals surface area contributed by atoms with Gasteiger partial charge in [0, 0.05) is 24.5 Å². The van der Waals surface area contributed by atoms with Gasteiger partial charge in [0.15, 0.2) is 0 Å². The van der Waals surface area contributed by atoms with Crippen molar-refractivity contribution in [3.05, 3.63) is 34.9 Å². The maximum atomic E-state index is 12.2. The Bertz CT molecular complexity index is 495. The Morgan fingerprint density at radius 2 is 2.19 bits per heavy atom. The van der Waals surface area contributed by atoms with E-state index in [9.17, 15) is 9.90 Å². The van der Waals surface area contributed by atoms with Crippen LogP contribution in [-0.2, 0) is 0 Å². The number of hydrogen-bond acceptors (Lipinski definition) is 2. The molecule has 0 aromatic heterocycles. The van der Waals surface area contributed by atoms with Gasteiger partial charge in [0.1, 0.15) is 0 Å². The van der Waals surface area contributed by atoms with Crippen LogP contribution in [0.2, 0.25) is 5.02 Å². The molecule has 0 heterocycles. The first kappa shape index (κ1) is 16.1. The van der Waals surface area contributed by atoms with E-state index in [4.69, 9.17) is 11.6 Å². The SMILES string of the molecule is CC(NC(=O)N(C)CC1CCCC1O)c1ccccc1Cl. The number of hydrogen-bond donors (Lipinski definition) is 2. The lowest BCUT2D eigenvalue weighted by Crippen LogP contribution is -2.42. The van der Waals surface area contributed by atoms with E-state index in [-0.39, 0.29) is 24.1 Å². The van der Waals surface area contributed by atoms with Crippen LogP contribution in [-0.4, -0.2) is 35.7 Å². The van der Waals surface area contributed by atoms with Crippen molar-refractivity contribution in [2.75, 3.05) is 13.6 Å². The summed E-state index contributed by atoms with van der Waals surface area (Å²) < 4.78 is 0. The van der Waals surface area contributed by atoms with Crippen LogP contribution in [0.3, 0.4) is 0 Å². The number of urea groups is 1. The number of carbonyl (C=O) groups excluding carboxylic acids is 1. The number of nitrogens with one attached hydrogen (secondary N) is 1. The molecule has 3 atom stereocenters. The number of amides is 2. The predicted octanol–water partition coefficient (Wildman–Crippen LogP) is 3.20. The molecule has 1 aromatic carbocycles. The van der Waals surface area contributed by atoms with Gasteiger partial charge in [-0.2, -0.15) is 0 Å². The standard InChI is InChI=1S/C16H23ClN2O2/c1-11(13-7-3-4-8-14(13)17)18-16(21)19(2)10-12-6-5-9-15(12)20/h3-4,7-8,11-12,15,20H,5-6,9-10H2,1-2H3,(H,18,21). The average Bonchev–Trinajstić information content (AvgIpc) is 2.84. The van der Waals surface area contributed by atoms with Gasteiger partial charge in [-0.3, -0.25) is 0 Å². The van der Waals surface area contributed by atoms with Gasteiger partial charge in [0.25, 0.3) is 0 Å². The molecule has 5 heteroatoms. The molecule has 4 nitrogen and oxygen atoms in total. The van der Waals surface area contributed by atoms with Gasteiger partial charge in [0.05, 0.1) is 12.1 Å². The summed E-state index contributed by atoms with van der Waals surface area (Å²) in [4.78, 5) is 13.9. The third kappa shape index (κ3) is 4.11. The summed E-state index contributed by atoms with van der Waals surface area (Å²) >= 11 is 6.14. The van der Waals surface area contributed by atoms with Crippen molar-refractivity contribution in [3.8, 4) is 0 Å². The molecule has 2 N–H and O–H groups in total. The molecular weight excluding hydrogens is 288 g/mol. The van der Waals surface area contributed by atoms with Gasteiger partial charge in [-0.25, -0.2) is 4.79 Å². The van der Waals surface area contributed by atoms with Crippen LogP contribution in [0.4, 0.5) is 4.79 Å². The summed E-state index contributed by atoms with van der Waals surface area (Å²) in [7, 11) is 1.76. The first-order valence-corrected chi connectivity index (χ1v) is 7.81. The zero-order valence-corrected chi connectivity index (χ0v) is 13.3. The third-order valence-corrected chi connectivity index (χ3v) is 4.53. The molecule has 3 unspecified atom stereocenters. The van der Waals surface area contributed by atoms with Gasteiger partial charge >= 0.3 is 6.03 Å². The second-order valence-electron chi connectivity index (χ2n) is 5.83. The molecule has 0 radical (unpaired) electrons. The Balaban J connectivity index is 1.90. The Morgan fingerprint density at radius 1 is 1.48 bits per heavy atom. The van der Waals surface area contributed by atoms with Gasteiger partial charge < -0.3 is 15.3 Å². The fourth-order valence-electron chi connectivity index (χ4n) is 2.86. The van der Waals surface area contributed by atoms with Gasteiger partial charge in [-0.05, 0) is 31.4 Å². The molecule has 1 fully saturated rings. The van der Waals surface area contributed by atoms with Gasteiger partial charge in [-0.15, -0.1) is 0 Å². The lowest BCUT2D eigenvalue weighted by Gasteiger charge is -2.25. The fraction of sp³-hybridized carbons (Fsp3) is 0.562. The van der Waals surface area contributed by atoms with Crippen LogP contribution in [0.5, 0.6) is 0 Å². The van der Waals surface area contributed by atoms with Crippen LogP contribution in [0.15, 0.2) is 24.3 Å². The number of halogens is 1. The van der Waals surface area contributed by atoms with E-state index < -0.39 is 0 Å².